The SMILES string of the molecule is CCOc1ccc(C2/C(=C(\O)c3ccc(OC)cc3)C(=O)C(=O)N2CCc2ccccc2)cc1OCC. The molecule has 1 N–H and O–H groups in total. The van der Waals surface area contributed by atoms with Crippen molar-refractivity contribution in [2.24, 2.45) is 0 Å². The minimum absolute atomic E-state index is 0.0369. The van der Waals surface area contributed by atoms with Gasteiger partial charge >= 0.3 is 0 Å². The summed E-state index contributed by atoms with van der Waals surface area (Å²) in [6, 6.07) is 21.0. The summed E-state index contributed by atoms with van der Waals surface area (Å²) in [5, 5.41) is 11.3. The van der Waals surface area contributed by atoms with Gasteiger partial charge in [-0.05, 0) is 67.8 Å². The Labute approximate surface area is 216 Å². The van der Waals surface area contributed by atoms with Crippen LogP contribution in [0.1, 0.15) is 36.6 Å². The van der Waals surface area contributed by atoms with Crippen LogP contribution in [0.25, 0.3) is 5.76 Å². The van der Waals surface area contributed by atoms with Crippen LogP contribution in [0.2, 0.25) is 0 Å². The monoisotopic (exact) mass is 501 g/mol. The Morgan fingerprint density at radius 3 is 2.22 bits per heavy atom. The number of carbonyl (C=O) groups is 2. The molecule has 1 amide bonds. The molecule has 0 spiro atoms. The van der Waals surface area contributed by atoms with Crippen molar-refractivity contribution < 1.29 is 28.9 Å². The number of aliphatic hydroxyl groups excluding tert-OH is 1. The zero-order valence-corrected chi connectivity index (χ0v) is 21.3. The van der Waals surface area contributed by atoms with Gasteiger partial charge in [0.05, 0.1) is 31.9 Å². The van der Waals surface area contributed by atoms with Gasteiger partial charge in [-0.15, -0.1) is 0 Å². The highest BCUT2D eigenvalue weighted by Gasteiger charge is 2.46. The quantitative estimate of drug-likeness (QED) is 0.235. The first kappa shape index (κ1) is 25.8. The van der Waals surface area contributed by atoms with E-state index >= 15 is 0 Å². The van der Waals surface area contributed by atoms with E-state index in [-0.39, 0.29) is 11.3 Å². The lowest BCUT2D eigenvalue weighted by atomic mass is 9.94. The molecule has 3 aromatic rings. The van der Waals surface area contributed by atoms with Crippen LogP contribution in [0, 0.1) is 0 Å². The van der Waals surface area contributed by atoms with Crippen molar-refractivity contribution in [3.8, 4) is 17.2 Å². The molecule has 0 bridgehead atoms. The van der Waals surface area contributed by atoms with Crippen LogP contribution in [0.5, 0.6) is 17.2 Å². The van der Waals surface area contributed by atoms with Gasteiger partial charge in [-0.2, -0.15) is 0 Å². The topological polar surface area (TPSA) is 85.3 Å². The van der Waals surface area contributed by atoms with Gasteiger partial charge in [-0.1, -0.05) is 36.4 Å². The maximum Gasteiger partial charge on any atom is 0.295 e. The first-order valence-corrected chi connectivity index (χ1v) is 12.3. The van der Waals surface area contributed by atoms with Gasteiger partial charge in [-0.25, -0.2) is 0 Å². The third kappa shape index (κ3) is 5.45. The summed E-state index contributed by atoms with van der Waals surface area (Å²) in [5.41, 5.74) is 2.15. The van der Waals surface area contributed by atoms with Crippen LogP contribution in [0.4, 0.5) is 0 Å². The molecule has 0 aromatic heterocycles. The summed E-state index contributed by atoms with van der Waals surface area (Å²) in [7, 11) is 1.55. The molecule has 0 radical (unpaired) electrons. The molecule has 1 saturated heterocycles. The summed E-state index contributed by atoms with van der Waals surface area (Å²) >= 11 is 0. The van der Waals surface area contributed by atoms with E-state index in [0.29, 0.717) is 54.6 Å². The lowest BCUT2D eigenvalue weighted by Gasteiger charge is -2.26. The van der Waals surface area contributed by atoms with Gasteiger partial charge in [0.15, 0.2) is 11.5 Å². The summed E-state index contributed by atoms with van der Waals surface area (Å²) in [4.78, 5) is 28.2. The number of aliphatic hydroxyl groups is 1. The van der Waals surface area contributed by atoms with Gasteiger partial charge in [-0.3, -0.25) is 9.59 Å². The Hall–Kier alpha value is -4.26. The number of hydrogen-bond acceptors (Lipinski definition) is 6. The lowest BCUT2D eigenvalue weighted by Crippen LogP contribution is -2.31. The van der Waals surface area contributed by atoms with Crippen LogP contribution in [0.15, 0.2) is 78.4 Å². The van der Waals surface area contributed by atoms with Gasteiger partial charge in [0.1, 0.15) is 11.5 Å². The van der Waals surface area contributed by atoms with Crippen LogP contribution in [0.3, 0.4) is 0 Å². The molecule has 7 nitrogen and oxygen atoms in total. The van der Waals surface area contributed by atoms with Crippen LogP contribution in [-0.4, -0.2) is 48.6 Å². The number of amides is 1. The molecule has 0 aliphatic carbocycles. The predicted molar refractivity (Wildman–Crippen MR) is 141 cm³/mol. The van der Waals surface area contributed by atoms with Crippen molar-refractivity contribution in [1.29, 1.82) is 0 Å². The van der Waals surface area contributed by atoms with E-state index in [1.165, 1.54) is 4.90 Å². The smallest absolute Gasteiger partial charge is 0.295 e. The Balaban J connectivity index is 1.81. The first-order chi connectivity index (χ1) is 18.0. The fraction of sp³-hybridized carbons (Fsp3) is 0.267. The maximum atomic E-state index is 13.3. The van der Waals surface area contributed by atoms with Crippen molar-refractivity contribution in [3.63, 3.8) is 0 Å². The summed E-state index contributed by atoms with van der Waals surface area (Å²) in [6.45, 7) is 4.95. The number of Topliss-reactive ketones (excluding diaryl/α,β-unsaturated/α-hetero) is 1. The normalized spacial score (nSPS) is 16.6. The summed E-state index contributed by atoms with van der Waals surface area (Å²) in [5.74, 6) is 0.0924. The molecule has 192 valence electrons. The Bertz CT molecular complexity index is 1280. The molecule has 1 fully saturated rings. The molecule has 7 heteroatoms. The highest BCUT2D eigenvalue weighted by Crippen LogP contribution is 2.42. The summed E-state index contributed by atoms with van der Waals surface area (Å²) in [6.07, 6.45) is 0.558. The summed E-state index contributed by atoms with van der Waals surface area (Å²) < 4.78 is 16.7. The van der Waals surface area contributed by atoms with Crippen molar-refractivity contribution in [3.05, 3.63) is 95.1 Å². The molecular weight excluding hydrogens is 470 g/mol. The fourth-order valence-electron chi connectivity index (χ4n) is 4.49. The van der Waals surface area contributed by atoms with E-state index in [1.54, 1.807) is 49.6 Å². The largest absolute Gasteiger partial charge is 0.507 e. The second-order valence-electron chi connectivity index (χ2n) is 8.53. The van der Waals surface area contributed by atoms with E-state index in [0.717, 1.165) is 5.56 Å². The van der Waals surface area contributed by atoms with E-state index in [9.17, 15) is 14.7 Å². The van der Waals surface area contributed by atoms with Gasteiger partial charge in [0.2, 0.25) is 0 Å². The van der Waals surface area contributed by atoms with Crippen LogP contribution < -0.4 is 14.2 Å². The molecule has 1 aliphatic rings. The van der Waals surface area contributed by atoms with E-state index in [1.807, 2.05) is 44.2 Å². The molecule has 1 atom stereocenters. The minimum atomic E-state index is -0.791. The van der Waals surface area contributed by atoms with E-state index < -0.39 is 17.7 Å². The molecule has 0 saturated carbocycles. The predicted octanol–water partition coefficient (Wildman–Crippen LogP) is 5.16. The number of methoxy groups -OCH3 is 1. The number of carbonyl (C=O) groups excluding carboxylic acids is 2. The standard InChI is InChI=1S/C30H31NO6/c1-4-36-24-16-13-22(19-25(24)37-5-2)27-26(28(32)21-11-14-23(35-3)15-12-21)29(33)30(34)31(27)18-17-20-9-7-6-8-10-20/h6-16,19,27,32H,4-5,17-18H2,1-3H3/b28-26+. The van der Waals surface area contributed by atoms with Gasteiger partial charge in [0.25, 0.3) is 11.7 Å². The number of benzene rings is 3. The average Bonchev–Trinajstić information content (AvgIpc) is 3.18. The van der Waals surface area contributed by atoms with Crippen LogP contribution >= 0.6 is 0 Å². The highest BCUT2D eigenvalue weighted by atomic mass is 16.5. The van der Waals surface area contributed by atoms with Gasteiger partial charge < -0.3 is 24.2 Å². The Morgan fingerprint density at radius 1 is 0.892 bits per heavy atom. The van der Waals surface area contributed by atoms with Crippen LogP contribution in [-0.2, 0) is 16.0 Å². The molecule has 4 rings (SSSR count). The Morgan fingerprint density at radius 2 is 1.57 bits per heavy atom. The molecule has 37 heavy (non-hydrogen) atoms. The zero-order chi connectivity index (χ0) is 26.4. The van der Waals surface area contributed by atoms with Crippen molar-refractivity contribution >= 4 is 17.4 Å². The average molecular weight is 502 g/mol. The minimum Gasteiger partial charge on any atom is -0.507 e. The number of hydrogen-bond donors (Lipinski definition) is 1. The fourth-order valence-corrected chi connectivity index (χ4v) is 4.49. The third-order valence-corrected chi connectivity index (χ3v) is 6.27. The van der Waals surface area contributed by atoms with Crippen molar-refractivity contribution in [2.75, 3.05) is 26.9 Å². The number of ether oxygens (including phenoxy) is 3. The molecule has 1 unspecified atom stereocenters. The molecule has 1 aliphatic heterocycles. The number of likely N-dealkylation sites (tertiary alicyclic amines) is 1. The maximum absolute atomic E-state index is 13.3. The Kier molecular flexibility index (Phi) is 8.13. The number of rotatable bonds is 10. The van der Waals surface area contributed by atoms with Crippen molar-refractivity contribution in [2.45, 2.75) is 26.3 Å². The highest BCUT2D eigenvalue weighted by molar-refractivity contribution is 6.46. The molecule has 3 aromatic carbocycles. The lowest BCUT2D eigenvalue weighted by molar-refractivity contribution is -0.139. The third-order valence-electron chi connectivity index (χ3n) is 6.27. The number of ketones is 1. The second-order valence-corrected chi connectivity index (χ2v) is 8.53. The van der Waals surface area contributed by atoms with Gasteiger partial charge in [0, 0.05) is 12.1 Å². The molecule has 1 heterocycles. The zero-order valence-electron chi connectivity index (χ0n) is 21.3. The van der Waals surface area contributed by atoms with E-state index in [2.05, 4.69) is 0 Å². The van der Waals surface area contributed by atoms with E-state index in [4.69, 9.17) is 14.2 Å². The van der Waals surface area contributed by atoms with Crippen molar-refractivity contribution in [1.82, 2.24) is 4.90 Å². The second kappa shape index (κ2) is 11.6. The molecular formula is C30H31NO6. The number of nitrogens with zero attached hydrogens (tertiary/aromatic N) is 1. The first-order valence-electron chi connectivity index (χ1n) is 12.3.